The maximum atomic E-state index is 12.5. The topological polar surface area (TPSA) is 167 Å². The maximum Gasteiger partial charge on any atom is 0.407 e. The van der Waals surface area contributed by atoms with E-state index in [0.717, 1.165) is 18.5 Å². The van der Waals surface area contributed by atoms with E-state index in [0.29, 0.717) is 47.9 Å². The molecular formula is C24H33N5O7S. The highest BCUT2D eigenvalue weighted by Gasteiger charge is 2.30. The van der Waals surface area contributed by atoms with Gasteiger partial charge in [0.1, 0.15) is 23.4 Å². The lowest BCUT2D eigenvalue weighted by molar-refractivity contribution is -0.118. The van der Waals surface area contributed by atoms with Gasteiger partial charge in [-0.25, -0.2) is 4.79 Å². The van der Waals surface area contributed by atoms with Crippen molar-refractivity contribution in [2.45, 2.75) is 51.2 Å². The molecular weight excluding hydrogens is 502 g/mol. The van der Waals surface area contributed by atoms with E-state index in [4.69, 9.17) is 18.8 Å². The van der Waals surface area contributed by atoms with Crippen LogP contribution in [0, 0.1) is 0 Å². The molecule has 1 aliphatic rings. The van der Waals surface area contributed by atoms with Crippen LogP contribution in [-0.2, 0) is 9.53 Å². The minimum Gasteiger partial charge on any atom is -0.507 e. The van der Waals surface area contributed by atoms with Gasteiger partial charge in [0.15, 0.2) is 12.4 Å². The summed E-state index contributed by atoms with van der Waals surface area (Å²) in [6.07, 6.45) is 3.09. The summed E-state index contributed by atoms with van der Waals surface area (Å²) in [5.74, 6) is 0.895. The van der Waals surface area contributed by atoms with E-state index in [2.05, 4.69) is 25.8 Å². The number of nitrogens with zero attached hydrogens (tertiary/aromatic N) is 2. The predicted molar refractivity (Wildman–Crippen MR) is 140 cm³/mol. The minimum atomic E-state index is -0.446. The molecule has 1 fully saturated rings. The lowest BCUT2D eigenvalue weighted by Gasteiger charge is -2.14. The molecule has 0 aliphatic heterocycles. The number of nitrogens with one attached hydrogen (secondary N) is 3. The molecule has 0 spiro atoms. The largest absolute Gasteiger partial charge is 0.507 e. The van der Waals surface area contributed by atoms with Crippen LogP contribution in [0.4, 0.5) is 10.6 Å². The number of methoxy groups -OCH3 is 1. The number of rotatable bonds is 12. The summed E-state index contributed by atoms with van der Waals surface area (Å²) in [5, 5.41) is 22.8. The van der Waals surface area contributed by atoms with Gasteiger partial charge in [0, 0.05) is 47.8 Å². The van der Waals surface area contributed by atoms with Crippen LogP contribution < -0.4 is 20.1 Å². The van der Waals surface area contributed by atoms with Crippen molar-refractivity contribution >= 4 is 36.1 Å². The molecule has 202 valence electrons. The summed E-state index contributed by atoms with van der Waals surface area (Å²) in [4.78, 5) is 28.5. The van der Waals surface area contributed by atoms with Crippen molar-refractivity contribution in [1.29, 1.82) is 0 Å². The Kier molecular flexibility index (Phi) is 10.4. The van der Waals surface area contributed by atoms with Crippen LogP contribution in [0.3, 0.4) is 0 Å². The Balaban J connectivity index is 1.55. The van der Waals surface area contributed by atoms with Gasteiger partial charge in [0.05, 0.1) is 19.2 Å². The fourth-order valence-electron chi connectivity index (χ4n) is 3.89. The SMILES string of the molecule is COc1cc(O)c(C=NCCSO)c(OCC(=O)Nc2cc(C3CCC(OC(=O)NC(C)C)C3)[nH]n2)c1. The first-order valence-corrected chi connectivity index (χ1v) is 12.9. The van der Waals surface area contributed by atoms with Gasteiger partial charge >= 0.3 is 6.09 Å². The van der Waals surface area contributed by atoms with Crippen LogP contribution >= 0.6 is 12.0 Å². The molecule has 37 heavy (non-hydrogen) atoms. The molecule has 13 heteroatoms. The number of carbonyl (C=O) groups excluding carboxylic acids is 2. The van der Waals surface area contributed by atoms with Gasteiger partial charge in [-0.05, 0) is 45.2 Å². The molecule has 1 heterocycles. The lowest BCUT2D eigenvalue weighted by Crippen LogP contribution is -2.33. The molecule has 1 aliphatic carbocycles. The molecule has 3 rings (SSSR count). The number of benzene rings is 1. The molecule has 0 saturated heterocycles. The quantitative estimate of drug-likeness (QED) is 0.155. The third-order valence-electron chi connectivity index (χ3n) is 5.59. The Morgan fingerprint density at radius 1 is 1.32 bits per heavy atom. The fraction of sp³-hybridized carbons (Fsp3) is 0.500. The van der Waals surface area contributed by atoms with E-state index in [1.807, 2.05) is 13.8 Å². The number of alkyl carbamates (subject to hydrolysis) is 1. The molecule has 5 N–H and O–H groups in total. The lowest BCUT2D eigenvalue weighted by atomic mass is 10.0. The number of phenols is 1. The molecule has 2 unspecified atom stereocenters. The van der Waals surface area contributed by atoms with Crippen LogP contribution in [0.5, 0.6) is 17.2 Å². The second-order valence-electron chi connectivity index (χ2n) is 8.81. The number of amides is 2. The number of phenolic OH excluding ortho intramolecular Hbond substituents is 1. The smallest absolute Gasteiger partial charge is 0.407 e. The maximum absolute atomic E-state index is 12.5. The number of anilines is 1. The van der Waals surface area contributed by atoms with Crippen molar-refractivity contribution in [3.63, 3.8) is 0 Å². The Bertz CT molecular complexity index is 1090. The van der Waals surface area contributed by atoms with Crippen molar-refractivity contribution < 1.29 is 33.5 Å². The first-order valence-electron chi connectivity index (χ1n) is 11.9. The molecule has 2 aromatic rings. The Hall–Kier alpha value is -3.45. The number of aromatic hydroxyl groups is 1. The zero-order chi connectivity index (χ0) is 26.8. The van der Waals surface area contributed by atoms with Gasteiger partial charge in [-0.15, -0.1) is 0 Å². The normalized spacial score (nSPS) is 17.2. The minimum absolute atomic E-state index is 0.0119. The summed E-state index contributed by atoms with van der Waals surface area (Å²) in [7, 11) is 1.45. The standard InChI is InChI=1S/C24H33N5O7S/c1-14(2)26-24(32)36-16-5-4-15(8-16)19-11-22(29-28-19)27-23(31)13-35-21-10-17(34-3)9-20(30)18(21)12-25-6-7-37-33/h9-12,14-16,30,33H,4-8,13H2,1-3H3,(H,26,32)(H2,27,28,29,31). The van der Waals surface area contributed by atoms with Crippen molar-refractivity contribution in [3.8, 4) is 17.2 Å². The van der Waals surface area contributed by atoms with Gasteiger partial charge in [0.2, 0.25) is 0 Å². The summed E-state index contributed by atoms with van der Waals surface area (Å²) in [5.41, 5.74) is 1.14. The molecule has 2 atom stereocenters. The van der Waals surface area contributed by atoms with Gasteiger partial charge < -0.3 is 34.5 Å². The zero-order valence-electron chi connectivity index (χ0n) is 21.0. The van der Waals surface area contributed by atoms with Gasteiger partial charge in [-0.1, -0.05) is 0 Å². The fourth-order valence-corrected chi connectivity index (χ4v) is 4.07. The van der Waals surface area contributed by atoms with E-state index >= 15 is 0 Å². The number of aromatic amines is 1. The molecule has 1 saturated carbocycles. The van der Waals surface area contributed by atoms with E-state index in [9.17, 15) is 14.7 Å². The van der Waals surface area contributed by atoms with Crippen molar-refractivity contribution in [2.24, 2.45) is 4.99 Å². The average Bonchev–Trinajstić information content (AvgIpc) is 3.50. The van der Waals surface area contributed by atoms with Crippen molar-refractivity contribution in [3.05, 3.63) is 29.5 Å². The van der Waals surface area contributed by atoms with E-state index in [1.165, 1.54) is 19.4 Å². The summed E-state index contributed by atoms with van der Waals surface area (Å²) in [6.45, 7) is 3.75. The van der Waals surface area contributed by atoms with Crippen molar-refractivity contribution in [1.82, 2.24) is 15.5 Å². The predicted octanol–water partition coefficient (Wildman–Crippen LogP) is 3.54. The summed E-state index contributed by atoms with van der Waals surface area (Å²) in [6, 6.07) is 4.73. The number of aliphatic imine (C=N–C) groups is 1. The third-order valence-corrected chi connectivity index (χ3v) is 5.96. The van der Waals surface area contributed by atoms with Crippen molar-refractivity contribution in [2.75, 3.05) is 31.3 Å². The van der Waals surface area contributed by atoms with Crippen LogP contribution in [0.25, 0.3) is 0 Å². The van der Waals surface area contributed by atoms with E-state index in [-0.39, 0.29) is 36.2 Å². The molecule has 1 aromatic heterocycles. The average molecular weight is 536 g/mol. The highest BCUT2D eigenvalue weighted by Crippen LogP contribution is 2.36. The Labute approximate surface area is 219 Å². The summed E-state index contributed by atoms with van der Waals surface area (Å²) < 4.78 is 25.1. The Morgan fingerprint density at radius 2 is 2.14 bits per heavy atom. The number of hydrogen-bond acceptors (Lipinski definition) is 10. The number of hydrogen-bond donors (Lipinski definition) is 5. The highest BCUT2D eigenvalue weighted by atomic mass is 32.2. The Morgan fingerprint density at radius 3 is 2.86 bits per heavy atom. The van der Waals surface area contributed by atoms with Gasteiger partial charge in [-0.2, -0.15) is 5.10 Å². The van der Waals surface area contributed by atoms with Gasteiger partial charge in [0.25, 0.3) is 5.91 Å². The summed E-state index contributed by atoms with van der Waals surface area (Å²) >= 11 is 0.669. The first kappa shape index (κ1) is 28.1. The zero-order valence-corrected chi connectivity index (χ0v) is 21.8. The molecule has 0 bridgehead atoms. The number of ether oxygens (including phenoxy) is 3. The number of aromatic nitrogens is 2. The van der Waals surface area contributed by atoms with Crippen LogP contribution in [0.1, 0.15) is 50.3 Å². The molecule has 12 nitrogen and oxygen atoms in total. The van der Waals surface area contributed by atoms with E-state index < -0.39 is 12.0 Å². The van der Waals surface area contributed by atoms with Gasteiger partial charge in [-0.3, -0.25) is 14.9 Å². The first-order chi connectivity index (χ1) is 17.8. The number of H-pyrrole nitrogens is 1. The van der Waals surface area contributed by atoms with Crippen LogP contribution in [0.15, 0.2) is 23.2 Å². The molecule has 2 amide bonds. The van der Waals surface area contributed by atoms with Crippen LogP contribution in [-0.4, -0.2) is 76.2 Å². The second-order valence-corrected chi connectivity index (χ2v) is 9.47. The molecule has 1 aromatic carbocycles. The monoisotopic (exact) mass is 535 g/mol. The highest BCUT2D eigenvalue weighted by molar-refractivity contribution is 7.93. The van der Waals surface area contributed by atoms with Crippen LogP contribution in [0.2, 0.25) is 0 Å². The van der Waals surface area contributed by atoms with E-state index in [1.54, 1.807) is 12.1 Å². The molecule has 0 radical (unpaired) electrons. The second kappa shape index (κ2) is 13.7. The number of carbonyl (C=O) groups is 2. The third kappa shape index (κ3) is 8.57.